The van der Waals surface area contributed by atoms with E-state index in [9.17, 15) is 14.4 Å². The van der Waals surface area contributed by atoms with Crippen LogP contribution >= 0.6 is 0 Å². The molecule has 2 atom stereocenters. The molecule has 2 saturated heterocycles. The van der Waals surface area contributed by atoms with Gasteiger partial charge < -0.3 is 19.2 Å². The highest BCUT2D eigenvalue weighted by atomic mass is 16.5. The van der Waals surface area contributed by atoms with Gasteiger partial charge in [-0.25, -0.2) is 0 Å². The van der Waals surface area contributed by atoms with E-state index in [1.165, 1.54) is 77.0 Å². The first kappa shape index (κ1) is 48.6. The Hall–Kier alpha value is -1.57. The van der Waals surface area contributed by atoms with Gasteiger partial charge >= 0.3 is 5.97 Å². The molecule has 7 heteroatoms. The summed E-state index contributed by atoms with van der Waals surface area (Å²) in [6, 6.07) is 0.383. The van der Waals surface area contributed by atoms with Crippen molar-refractivity contribution in [1.82, 2.24) is 9.80 Å². The number of hydrogen-bond acceptors (Lipinski definition) is 7. The molecule has 0 saturated carbocycles. The molecule has 2 heterocycles. The van der Waals surface area contributed by atoms with E-state index in [4.69, 9.17) is 9.47 Å². The predicted molar refractivity (Wildman–Crippen MR) is 226 cm³/mol. The second kappa shape index (κ2) is 32.5. The lowest BCUT2D eigenvalue weighted by molar-refractivity contribution is -0.150. The predicted octanol–water partition coefficient (Wildman–Crippen LogP) is 11.5. The fraction of sp³-hybridized carbons (Fsp3) is 0.894. The summed E-state index contributed by atoms with van der Waals surface area (Å²) in [6.07, 6.45) is 35.2. The first-order valence-electron chi connectivity index (χ1n) is 23.2. The molecule has 0 aromatic heterocycles. The van der Waals surface area contributed by atoms with Crippen molar-refractivity contribution < 1.29 is 23.9 Å². The quantitative estimate of drug-likeness (QED) is 0.0362. The fourth-order valence-corrected chi connectivity index (χ4v) is 8.37. The molecule has 7 nitrogen and oxygen atoms in total. The lowest BCUT2D eigenvalue weighted by Gasteiger charge is -2.28. The van der Waals surface area contributed by atoms with Crippen LogP contribution < -0.4 is 0 Å². The van der Waals surface area contributed by atoms with Crippen molar-refractivity contribution in [2.75, 3.05) is 46.4 Å². The van der Waals surface area contributed by atoms with Crippen LogP contribution in [0.5, 0.6) is 0 Å². The molecule has 0 radical (unpaired) electrons. The van der Waals surface area contributed by atoms with E-state index in [-0.39, 0.29) is 23.6 Å². The van der Waals surface area contributed by atoms with Crippen LogP contribution in [0.3, 0.4) is 0 Å². The Morgan fingerprint density at radius 2 is 1.30 bits per heavy atom. The number of hydrogen-bond donors (Lipinski definition) is 0. The average molecular weight is 759 g/mol. The van der Waals surface area contributed by atoms with Gasteiger partial charge in [0.25, 0.3) is 0 Å². The normalized spacial score (nSPS) is 18.7. The molecule has 0 aliphatic carbocycles. The molecule has 0 bridgehead atoms. The van der Waals surface area contributed by atoms with Gasteiger partial charge in [-0.05, 0) is 122 Å². The van der Waals surface area contributed by atoms with E-state index in [0.29, 0.717) is 37.1 Å². The molecule has 0 aromatic carbocycles. The van der Waals surface area contributed by atoms with Crippen molar-refractivity contribution >= 4 is 17.5 Å². The number of rotatable bonds is 35. The van der Waals surface area contributed by atoms with Gasteiger partial charge in [0.1, 0.15) is 11.9 Å². The highest BCUT2D eigenvalue weighted by Gasteiger charge is 2.30. The smallest absolute Gasteiger partial charge is 0.306 e. The van der Waals surface area contributed by atoms with Crippen LogP contribution in [-0.4, -0.2) is 85.9 Å². The Labute approximate surface area is 333 Å². The second-order valence-corrected chi connectivity index (χ2v) is 17.3. The minimum absolute atomic E-state index is 0.00929. The zero-order chi connectivity index (χ0) is 39.1. The minimum atomic E-state index is 0.00929. The van der Waals surface area contributed by atoms with Crippen LogP contribution in [0, 0.1) is 11.8 Å². The largest absolute Gasteiger partial charge is 0.462 e. The van der Waals surface area contributed by atoms with E-state index in [2.05, 4.69) is 36.8 Å². The van der Waals surface area contributed by atoms with Crippen molar-refractivity contribution in [3.63, 3.8) is 0 Å². The van der Waals surface area contributed by atoms with Gasteiger partial charge in [-0.3, -0.25) is 14.5 Å². The summed E-state index contributed by atoms with van der Waals surface area (Å²) in [7, 11) is 2.17. The van der Waals surface area contributed by atoms with Gasteiger partial charge in [0.05, 0.1) is 6.61 Å². The second-order valence-electron chi connectivity index (χ2n) is 17.3. The molecule has 2 rings (SSSR count). The number of unbranched alkanes of at least 4 members (excludes halogenated alkanes) is 16. The summed E-state index contributed by atoms with van der Waals surface area (Å²) < 4.78 is 12.3. The maximum atomic E-state index is 12.8. The molecule has 2 aliphatic heterocycles. The Kier molecular flexibility index (Phi) is 29.2. The summed E-state index contributed by atoms with van der Waals surface area (Å²) in [6.45, 7) is 11.9. The molecule has 2 fully saturated rings. The monoisotopic (exact) mass is 759 g/mol. The third-order valence-electron chi connectivity index (χ3n) is 12.0. The van der Waals surface area contributed by atoms with Gasteiger partial charge in [0.15, 0.2) is 5.78 Å². The van der Waals surface area contributed by atoms with Crippen LogP contribution in [0.1, 0.15) is 201 Å². The van der Waals surface area contributed by atoms with E-state index >= 15 is 0 Å². The third-order valence-corrected chi connectivity index (χ3v) is 12.0. The number of Topliss-reactive ketones (excluding diaryl/α,β-unsaturated/α-hetero) is 1. The maximum Gasteiger partial charge on any atom is 0.306 e. The maximum absolute atomic E-state index is 12.8. The number of carbonyl (C=O) groups excluding carboxylic acids is 3. The highest BCUT2D eigenvalue weighted by molar-refractivity contribution is 5.89. The zero-order valence-corrected chi connectivity index (χ0v) is 35.9. The summed E-state index contributed by atoms with van der Waals surface area (Å²) in [5.41, 5.74) is 0. The van der Waals surface area contributed by atoms with E-state index in [0.717, 1.165) is 123 Å². The molecule has 0 unspecified atom stereocenters. The number of esters is 1. The minimum Gasteiger partial charge on any atom is -0.462 e. The van der Waals surface area contributed by atoms with Gasteiger partial charge in [-0.1, -0.05) is 110 Å². The molecular formula is C47H86N2O5. The molecule has 0 aromatic rings. The summed E-state index contributed by atoms with van der Waals surface area (Å²) in [5, 5.41) is 0. The molecule has 2 aliphatic rings. The fourth-order valence-electron chi connectivity index (χ4n) is 8.37. The van der Waals surface area contributed by atoms with Crippen LogP contribution in [0.4, 0.5) is 0 Å². The van der Waals surface area contributed by atoms with Crippen molar-refractivity contribution in [3.8, 4) is 0 Å². The van der Waals surface area contributed by atoms with Crippen LogP contribution in [-0.2, 0) is 23.9 Å². The third kappa shape index (κ3) is 25.6. The molecule has 0 amide bonds. The van der Waals surface area contributed by atoms with E-state index in [1.54, 1.807) is 6.92 Å². The Morgan fingerprint density at radius 3 is 1.94 bits per heavy atom. The van der Waals surface area contributed by atoms with Crippen molar-refractivity contribution in [3.05, 3.63) is 12.2 Å². The van der Waals surface area contributed by atoms with Crippen LogP contribution in [0.15, 0.2) is 12.2 Å². The summed E-state index contributed by atoms with van der Waals surface area (Å²) in [4.78, 5) is 41.8. The Balaban J connectivity index is 1.64. The molecule has 314 valence electrons. The standard InChI is InChI=1S/C47H86N2O5/c1-5-7-9-11-14-20-26-46(27-21-15-12-10-8-6-2)54-47(52)28-22-16-13-17-24-36-53-40-44-37-43(39-49(44)33-23-18-19-25-41(3)50)29-30-45(51)38-42-31-34-48(4)35-32-42/h29-30,42-44,46H,5-28,31-40H2,1-4H3/t43-,44-/m0/s1. The van der Waals surface area contributed by atoms with E-state index < -0.39 is 0 Å². The average Bonchev–Trinajstić information content (AvgIpc) is 3.54. The van der Waals surface area contributed by atoms with Gasteiger partial charge in [0.2, 0.25) is 0 Å². The molecule has 54 heavy (non-hydrogen) atoms. The topological polar surface area (TPSA) is 76.2 Å². The summed E-state index contributed by atoms with van der Waals surface area (Å²) >= 11 is 0. The highest BCUT2D eigenvalue weighted by Crippen LogP contribution is 2.27. The lowest BCUT2D eigenvalue weighted by atomic mass is 9.91. The van der Waals surface area contributed by atoms with Crippen molar-refractivity contribution in [2.45, 2.75) is 213 Å². The number of likely N-dealkylation sites (tertiary alicyclic amines) is 2. The zero-order valence-electron chi connectivity index (χ0n) is 35.9. The lowest BCUT2D eigenvalue weighted by Crippen LogP contribution is -2.34. The summed E-state index contributed by atoms with van der Waals surface area (Å²) in [5.74, 6) is 1.50. The Bertz CT molecular complexity index is 961. The number of ether oxygens (including phenoxy) is 2. The van der Waals surface area contributed by atoms with E-state index in [1.807, 2.05) is 6.08 Å². The number of ketones is 2. The molecular weight excluding hydrogens is 673 g/mol. The van der Waals surface area contributed by atoms with Crippen molar-refractivity contribution in [2.24, 2.45) is 11.8 Å². The van der Waals surface area contributed by atoms with Gasteiger partial charge in [0, 0.05) is 38.5 Å². The van der Waals surface area contributed by atoms with Gasteiger partial charge in [-0.2, -0.15) is 0 Å². The Morgan fingerprint density at radius 1 is 0.722 bits per heavy atom. The van der Waals surface area contributed by atoms with Crippen LogP contribution in [0.25, 0.3) is 0 Å². The van der Waals surface area contributed by atoms with Crippen LogP contribution in [0.2, 0.25) is 0 Å². The molecule has 0 spiro atoms. The first-order valence-corrected chi connectivity index (χ1v) is 23.2. The van der Waals surface area contributed by atoms with Gasteiger partial charge in [-0.15, -0.1) is 0 Å². The van der Waals surface area contributed by atoms with Crippen molar-refractivity contribution in [1.29, 1.82) is 0 Å². The SMILES string of the molecule is CCCCCCCCC(CCCCCCCC)OC(=O)CCCCCCCOC[C@@H]1C[C@H](C=CC(=O)CC2CCN(C)CC2)CN1CCCCCC(C)=O. The number of nitrogens with zero attached hydrogens (tertiary/aromatic N) is 2. The number of piperidine rings is 1. The number of allylic oxidation sites excluding steroid dienone is 1. The first-order chi connectivity index (χ1) is 26.3. The molecule has 0 N–H and O–H groups in total. The number of carbonyl (C=O) groups is 3.